The largest absolute Gasteiger partial charge is 0.394 e. The second kappa shape index (κ2) is 6.44. The van der Waals surface area contributed by atoms with Gasteiger partial charge in [0.1, 0.15) is 0 Å². The van der Waals surface area contributed by atoms with Gasteiger partial charge in [0.15, 0.2) is 0 Å². The topological polar surface area (TPSA) is 81.6 Å². The van der Waals surface area contributed by atoms with Gasteiger partial charge in [0.2, 0.25) is 5.91 Å². The first-order valence-electron chi connectivity index (χ1n) is 5.43. The highest BCUT2D eigenvalue weighted by Crippen LogP contribution is 2.11. The molecule has 1 saturated heterocycles. The summed E-state index contributed by atoms with van der Waals surface area (Å²) in [6, 6.07) is 0.195. The van der Waals surface area contributed by atoms with Gasteiger partial charge in [0.25, 0.3) is 0 Å². The summed E-state index contributed by atoms with van der Waals surface area (Å²) in [4.78, 5) is 11.7. The molecule has 0 aromatic rings. The van der Waals surface area contributed by atoms with Crippen molar-refractivity contribution in [2.24, 2.45) is 0 Å². The summed E-state index contributed by atoms with van der Waals surface area (Å²) in [5.41, 5.74) is -0.918. The van der Waals surface area contributed by atoms with E-state index in [0.29, 0.717) is 6.42 Å². The average molecular weight is 248 g/mol. The molecule has 1 atom stereocenters. The van der Waals surface area contributed by atoms with E-state index < -0.39 is 5.54 Å². The first kappa shape index (κ1) is 13.8. The molecule has 0 saturated carbocycles. The number of amides is 1. The predicted molar refractivity (Wildman–Crippen MR) is 64.5 cm³/mol. The van der Waals surface area contributed by atoms with Crippen LogP contribution in [0.15, 0.2) is 0 Å². The van der Waals surface area contributed by atoms with Crippen LogP contribution in [-0.2, 0) is 4.79 Å². The Morgan fingerprint density at radius 3 is 2.75 bits per heavy atom. The summed E-state index contributed by atoms with van der Waals surface area (Å²) in [5, 5.41) is 24.0. The van der Waals surface area contributed by atoms with Crippen LogP contribution in [0.4, 0.5) is 0 Å². The Balaban J connectivity index is 2.34. The fourth-order valence-electron chi connectivity index (χ4n) is 1.49. The van der Waals surface area contributed by atoms with E-state index in [4.69, 9.17) is 10.2 Å². The highest BCUT2D eigenvalue weighted by molar-refractivity contribution is 7.99. The van der Waals surface area contributed by atoms with Crippen LogP contribution in [0.2, 0.25) is 0 Å². The number of rotatable bonds is 5. The maximum atomic E-state index is 11.7. The third kappa shape index (κ3) is 4.29. The van der Waals surface area contributed by atoms with Crippen LogP contribution in [0.25, 0.3) is 0 Å². The Morgan fingerprint density at radius 2 is 2.25 bits per heavy atom. The highest BCUT2D eigenvalue weighted by Gasteiger charge is 2.26. The number of hydrogen-bond donors (Lipinski definition) is 4. The van der Waals surface area contributed by atoms with Gasteiger partial charge in [0, 0.05) is 30.5 Å². The molecule has 1 fully saturated rings. The van der Waals surface area contributed by atoms with Crippen molar-refractivity contribution in [1.29, 1.82) is 0 Å². The number of nitrogens with one attached hydrogen (secondary N) is 2. The molecule has 16 heavy (non-hydrogen) atoms. The maximum absolute atomic E-state index is 11.7. The van der Waals surface area contributed by atoms with Crippen LogP contribution >= 0.6 is 11.8 Å². The molecule has 0 spiro atoms. The summed E-state index contributed by atoms with van der Waals surface area (Å²) in [6.45, 7) is 2.03. The summed E-state index contributed by atoms with van der Waals surface area (Å²) in [6.07, 6.45) is 0.391. The molecule has 0 aliphatic carbocycles. The predicted octanol–water partition coefficient (Wildman–Crippen LogP) is -1.06. The average Bonchev–Trinajstić information content (AvgIpc) is 2.30. The van der Waals surface area contributed by atoms with Gasteiger partial charge in [-0.1, -0.05) is 0 Å². The van der Waals surface area contributed by atoms with E-state index in [1.54, 1.807) is 6.92 Å². The quantitative estimate of drug-likeness (QED) is 0.499. The maximum Gasteiger partial charge on any atom is 0.222 e. The van der Waals surface area contributed by atoms with Crippen LogP contribution < -0.4 is 10.6 Å². The summed E-state index contributed by atoms with van der Waals surface area (Å²) in [7, 11) is 0. The Hall–Kier alpha value is -0.300. The van der Waals surface area contributed by atoms with Crippen molar-refractivity contribution in [2.45, 2.75) is 24.9 Å². The van der Waals surface area contributed by atoms with Crippen molar-refractivity contribution in [3.8, 4) is 0 Å². The molecule has 1 rings (SSSR count). The van der Waals surface area contributed by atoms with Gasteiger partial charge in [-0.05, 0) is 6.92 Å². The molecule has 4 N–H and O–H groups in total. The molecule has 0 aromatic heterocycles. The summed E-state index contributed by atoms with van der Waals surface area (Å²) in [5.74, 6) is 1.89. The van der Waals surface area contributed by atoms with Crippen molar-refractivity contribution in [3.63, 3.8) is 0 Å². The molecule has 0 aromatic carbocycles. The SMILES string of the molecule is CC(CO)(CO)NC(=O)CC1CSCCN1. The molecule has 0 radical (unpaired) electrons. The molecule has 94 valence electrons. The zero-order valence-corrected chi connectivity index (χ0v) is 10.3. The third-order valence-electron chi connectivity index (χ3n) is 2.57. The van der Waals surface area contributed by atoms with E-state index in [-0.39, 0.29) is 25.2 Å². The van der Waals surface area contributed by atoms with Crippen molar-refractivity contribution in [2.75, 3.05) is 31.3 Å². The van der Waals surface area contributed by atoms with Crippen molar-refractivity contribution in [3.05, 3.63) is 0 Å². The molecule has 1 aliphatic heterocycles. The second-order valence-corrected chi connectivity index (χ2v) is 5.50. The molecule has 0 bridgehead atoms. The van der Waals surface area contributed by atoms with E-state index in [1.165, 1.54) is 0 Å². The highest BCUT2D eigenvalue weighted by atomic mass is 32.2. The van der Waals surface area contributed by atoms with Crippen LogP contribution in [0.3, 0.4) is 0 Å². The smallest absolute Gasteiger partial charge is 0.222 e. The normalized spacial score (nSPS) is 21.8. The lowest BCUT2D eigenvalue weighted by molar-refractivity contribution is -0.124. The molecule has 5 nitrogen and oxygen atoms in total. The lowest BCUT2D eigenvalue weighted by atomic mass is 10.0. The van der Waals surface area contributed by atoms with Crippen LogP contribution in [-0.4, -0.2) is 59.0 Å². The van der Waals surface area contributed by atoms with Gasteiger partial charge in [-0.2, -0.15) is 11.8 Å². The molecular weight excluding hydrogens is 228 g/mol. The van der Waals surface area contributed by atoms with Crippen LogP contribution in [0.1, 0.15) is 13.3 Å². The number of carbonyl (C=O) groups is 1. The van der Waals surface area contributed by atoms with Gasteiger partial charge in [-0.3, -0.25) is 4.79 Å². The van der Waals surface area contributed by atoms with E-state index in [1.807, 2.05) is 11.8 Å². The molecular formula is C10H20N2O3S. The van der Waals surface area contributed by atoms with E-state index in [9.17, 15) is 4.79 Å². The minimum atomic E-state index is -0.918. The standard InChI is InChI=1S/C10H20N2O3S/c1-10(6-13,7-14)12-9(15)4-8-5-16-3-2-11-8/h8,11,13-14H,2-7H2,1H3,(H,12,15). The minimum Gasteiger partial charge on any atom is -0.394 e. The number of aliphatic hydroxyl groups is 2. The van der Waals surface area contributed by atoms with E-state index >= 15 is 0 Å². The number of aliphatic hydroxyl groups excluding tert-OH is 2. The van der Waals surface area contributed by atoms with Gasteiger partial charge in [-0.15, -0.1) is 0 Å². The zero-order valence-electron chi connectivity index (χ0n) is 9.53. The van der Waals surface area contributed by atoms with E-state index in [2.05, 4.69) is 10.6 Å². The Kier molecular flexibility index (Phi) is 5.54. The number of hydrogen-bond acceptors (Lipinski definition) is 5. The lowest BCUT2D eigenvalue weighted by Crippen LogP contribution is -2.53. The van der Waals surface area contributed by atoms with Gasteiger partial charge in [0.05, 0.1) is 18.8 Å². The molecule has 1 amide bonds. The van der Waals surface area contributed by atoms with Gasteiger partial charge < -0.3 is 20.8 Å². The van der Waals surface area contributed by atoms with Gasteiger partial charge in [-0.25, -0.2) is 0 Å². The number of carbonyl (C=O) groups excluding carboxylic acids is 1. The summed E-state index contributed by atoms with van der Waals surface area (Å²) >= 11 is 1.83. The molecule has 1 aliphatic rings. The summed E-state index contributed by atoms with van der Waals surface area (Å²) < 4.78 is 0. The Bertz CT molecular complexity index is 228. The van der Waals surface area contributed by atoms with Crippen LogP contribution in [0, 0.1) is 0 Å². The molecule has 1 heterocycles. The minimum absolute atomic E-state index is 0.134. The van der Waals surface area contributed by atoms with Crippen LogP contribution in [0.5, 0.6) is 0 Å². The van der Waals surface area contributed by atoms with Crippen molar-refractivity contribution >= 4 is 17.7 Å². The zero-order chi connectivity index (χ0) is 12.0. The molecule has 6 heteroatoms. The van der Waals surface area contributed by atoms with Crippen molar-refractivity contribution in [1.82, 2.24) is 10.6 Å². The van der Waals surface area contributed by atoms with Crippen molar-refractivity contribution < 1.29 is 15.0 Å². The monoisotopic (exact) mass is 248 g/mol. The van der Waals surface area contributed by atoms with Gasteiger partial charge >= 0.3 is 0 Å². The Labute approximate surface area is 100.0 Å². The number of thioether (sulfide) groups is 1. The fourth-order valence-corrected chi connectivity index (χ4v) is 2.44. The lowest BCUT2D eigenvalue weighted by Gasteiger charge is -2.28. The Morgan fingerprint density at radius 1 is 1.56 bits per heavy atom. The third-order valence-corrected chi connectivity index (χ3v) is 3.70. The second-order valence-electron chi connectivity index (χ2n) is 4.36. The fraction of sp³-hybridized carbons (Fsp3) is 0.900. The van der Waals surface area contributed by atoms with E-state index in [0.717, 1.165) is 18.1 Å². The first-order valence-corrected chi connectivity index (χ1v) is 6.59. The first-order chi connectivity index (χ1) is 7.59. The molecule has 1 unspecified atom stereocenters.